The lowest BCUT2D eigenvalue weighted by molar-refractivity contribution is 0.609. The molecule has 0 radical (unpaired) electrons. The Balaban J connectivity index is 2.16. The molecule has 1 heteroatoms. The van der Waals surface area contributed by atoms with Gasteiger partial charge in [0.2, 0.25) is 0 Å². The van der Waals surface area contributed by atoms with Crippen molar-refractivity contribution in [3.8, 4) is 22.3 Å². The molecule has 0 nitrogen and oxygen atoms in total. The quantitative estimate of drug-likeness (QED) is 0.473. The number of benzene rings is 3. The van der Waals surface area contributed by atoms with Crippen LogP contribution in [-0.2, 0) is 0 Å². The molecule has 0 heterocycles. The van der Waals surface area contributed by atoms with E-state index in [1.54, 1.807) is 0 Å². The van der Waals surface area contributed by atoms with Crippen molar-refractivity contribution in [2.45, 2.75) is 41.5 Å². The molecule has 0 fully saturated rings. The van der Waals surface area contributed by atoms with Crippen LogP contribution in [0, 0.1) is 47.4 Å². The van der Waals surface area contributed by atoms with Crippen LogP contribution in [0.4, 0.5) is 4.39 Å². The normalized spacial score (nSPS) is 11.0. The van der Waals surface area contributed by atoms with Crippen molar-refractivity contribution < 1.29 is 4.39 Å². The molecule has 0 aromatic heterocycles. The molecule has 0 atom stereocenters. The van der Waals surface area contributed by atoms with Crippen LogP contribution in [0.2, 0.25) is 0 Å². The van der Waals surface area contributed by atoms with E-state index >= 15 is 0 Å². The summed E-state index contributed by atoms with van der Waals surface area (Å²) < 4.78 is 14.0. The fraction of sp³-hybridized carbons (Fsp3) is 0.250. The fourth-order valence-electron chi connectivity index (χ4n) is 3.80. The molecule has 0 unspecified atom stereocenters. The van der Waals surface area contributed by atoms with E-state index in [2.05, 4.69) is 58.0 Å². The first-order valence-electron chi connectivity index (χ1n) is 8.74. The third-order valence-electron chi connectivity index (χ3n) is 4.95. The minimum Gasteiger partial charge on any atom is -0.206 e. The molecule has 3 aromatic carbocycles. The zero-order valence-corrected chi connectivity index (χ0v) is 15.9. The van der Waals surface area contributed by atoms with Crippen molar-refractivity contribution >= 4 is 0 Å². The second kappa shape index (κ2) is 6.48. The van der Waals surface area contributed by atoms with Crippen molar-refractivity contribution in [3.05, 3.63) is 81.7 Å². The minimum atomic E-state index is -0.106. The van der Waals surface area contributed by atoms with Gasteiger partial charge in [-0.25, -0.2) is 4.39 Å². The van der Waals surface area contributed by atoms with Crippen LogP contribution in [0.1, 0.15) is 33.4 Å². The monoisotopic (exact) mass is 332 g/mol. The van der Waals surface area contributed by atoms with Gasteiger partial charge in [-0.05, 0) is 104 Å². The Kier molecular flexibility index (Phi) is 4.51. The number of hydrogen-bond donors (Lipinski definition) is 0. The SMILES string of the molecule is Cc1ccc(-c2cc(C)c(-c3cc(C)c(F)c(C)c3)c(C)c2)c(C)c1. The van der Waals surface area contributed by atoms with Gasteiger partial charge >= 0.3 is 0 Å². The van der Waals surface area contributed by atoms with Gasteiger partial charge < -0.3 is 0 Å². The summed E-state index contributed by atoms with van der Waals surface area (Å²) in [6.45, 7) is 12.2. The van der Waals surface area contributed by atoms with Gasteiger partial charge in [-0.15, -0.1) is 0 Å². The van der Waals surface area contributed by atoms with Gasteiger partial charge in [0.1, 0.15) is 5.82 Å². The maximum Gasteiger partial charge on any atom is 0.129 e. The molecular formula is C24H25F. The number of aryl methyl sites for hydroxylation is 6. The molecule has 0 N–H and O–H groups in total. The van der Waals surface area contributed by atoms with Crippen molar-refractivity contribution in [2.24, 2.45) is 0 Å². The standard InChI is InChI=1S/C24H25F/c1-14-7-8-22(15(2)9-14)20-10-16(3)23(17(4)11-20)21-12-18(5)24(25)19(6)13-21/h7-13H,1-6H3. The van der Waals surface area contributed by atoms with Gasteiger partial charge in [-0.2, -0.15) is 0 Å². The number of rotatable bonds is 2. The zero-order chi connectivity index (χ0) is 18.3. The maximum atomic E-state index is 14.0. The Labute approximate surface area is 150 Å². The van der Waals surface area contributed by atoms with Gasteiger partial charge in [0.05, 0.1) is 0 Å². The van der Waals surface area contributed by atoms with Gasteiger partial charge in [-0.1, -0.05) is 35.9 Å². The van der Waals surface area contributed by atoms with E-state index in [1.807, 2.05) is 26.0 Å². The molecule has 0 aliphatic carbocycles. The second-order valence-electron chi connectivity index (χ2n) is 7.23. The minimum absolute atomic E-state index is 0.106. The fourth-order valence-corrected chi connectivity index (χ4v) is 3.80. The predicted octanol–water partition coefficient (Wildman–Crippen LogP) is 7.01. The summed E-state index contributed by atoms with van der Waals surface area (Å²) in [6, 6.07) is 15.0. The molecule has 0 aliphatic heterocycles. The first-order valence-corrected chi connectivity index (χ1v) is 8.74. The van der Waals surface area contributed by atoms with Gasteiger partial charge in [0.15, 0.2) is 0 Å². The van der Waals surface area contributed by atoms with Gasteiger partial charge in [-0.3, -0.25) is 0 Å². The number of halogens is 1. The Morgan fingerprint density at radius 1 is 0.560 bits per heavy atom. The van der Waals surface area contributed by atoms with Crippen LogP contribution in [0.15, 0.2) is 42.5 Å². The molecule has 3 aromatic rings. The zero-order valence-electron chi connectivity index (χ0n) is 15.9. The summed E-state index contributed by atoms with van der Waals surface area (Å²) in [6.07, 6.45) is 0. The van der Waals surface area contributed by atoms with E-state index in [9.17, 15) is 4.39 Å². The lowest BCUT2D eigenvalue weighted by Gasteiger charge is -2.16. The van der Waals surface area contributed by atoms with Crippen LogP contribution in [0.25, 0.3) is 22.3 Å². The summed E-state index contributed by atoms with van der Waals surface area (Å²) in [5.74, 6) is -0.106. The summed E-state index contributed by atoms with van der Waals surface area (Å²) >= 11 is 0. The van der Waals surface area contributed by atoms with E-state index in [-0.39, 0.29) is 5.82 Å². The highest BCUT2D eigenvalue weighted by atomic mass is 19.1. The van der Waals surface area contributed by atoms with E-state index in [1.165, 1.54) is 38.9 Å². The molecular weight excluding hydrogens is 307 g/mol. The van der Waals surface area contributed by atoms with Crippen molar-refractivity contribution in [3.63, 3.8) is 0 Å². The van der Waals surface area contributed by atoms with Crippen LogP contribution in [0.3, 0.4) is 0 Å². The summed E-state index contributed by atoms with van der Waals surface area (Å²) in [5, 5.41) is 0. The van der Waals surface area contributed by atoms with Gasteiger partial charge in [0, 0.05) is 0 Å². The predicted molar refractivity (Wildman–Crippen MR) is 106 cm³/mol. The Morgan fingerprint density at radius 3 is 1.60 bits per heavy atom. The molecule has 0 spiro atoms. The lowest BCUT2D eigenvalue weighted by Crippen LogP contribution is -1.95. The van der Waals surface area contributed by atoms with E-state index in [4.69, 9.17) is 0 Å². The van der Waals surface area contributed by atoms with E-state index in [0.717, 1.165) is 5.56 Å². The average Bonchev–Trinajstić information content (AvgIpc) is 2.51. The van der Waals surface area contributed by atoms with Crippen LogP contribution in [-0.4, -0.2) is 0 Å². The molecule has 0 amide bonds. The Morgan fingerprint density at radius 2 is 1.08 bits per heavy atom. The van der Waals surface area contributed by atoms with Crippen molar-refractivity contribution in [1.82, 2.24) is 0 Å². The van der Waals surface area contributed by atoms with Crippen molar-refractivity contribution in [2.75, 3.05) is 0 Å². The third kappa shape index (κ3) is 3.24. The Hall–Kier alpha value is -2.41. The van der Waals surface area contributed by atoms with Crippen LogP contribution < -0.4 is 0 Å². The molecule has 3 rings (SSSR count). The van der Waals surface area contributed by atoms with E-state index in [0.29, 0.717) is 11.1 Å². The molecule has 25 heavy (non-hydrogen) atoms. The average molecular weight is 332 g/mol. The summed E-state index contributed by atoms with van der Waals surface area (Å²) in [7, 11) is 0. The number of hydrogen-bond acceptors (Lipinski definition) is 0. The second-order valence-corrected chi connectivity index (χ2v) is 7.23. The molecule has 0 saturated carbocycles. The van der Waals surface area contributed by atoms with Gasteiger partial charge in [0.25, 0.3) is 0 Å². The third-order valence-corrected chi connectivity index (χ3v) is 4.95. The first-order chi connectivity index (χ1) is 11.8. The van der Waals surface area contributed by atoms with Crippen molar-refractivity contribution in [1.29, 1.82) is 0 Å². The molecule has 0 aliphatic rings. The largest absolute Gasteiger partial charge is 0.206 e. The summed E-state index contributed by atoms with van der Waals surface area (Å²) in [4.78, 5) is 0. The topological polar surface area (TPSA) is 0 Å². The first kappa shape index (κ1) is 17.4. The van der Waals surface area contributed by atoms with Crippen LogP contribution >= 0.6 is 0 Å². The smallest absolute Gasteiger partial charge is 0.129 e. The lowest BCUT2D eigenvalue weighted by atomic mass is 9.89. The summed E-state index contributed by atoms with van der Waals surface area (Å²) in [5.41, 5.74) is 11.2. The highest BCUT2D eigenvalue weighted by Gasteiger charge is 2.13. The highest BCUT2D eigenvalue weighted by Crippen LogP contribution is 2.34. The maximum absolute atomic E-state index is 14.0. The molecule has 0 saturated heterocycles. The van der Waals surface area contributed by atoms with Crippen LogP contribution in [0.5, 0.6) is 0 Å². The molecule has 128 valence electrons. The highest BCUT2D eigenvalue weighted by molar-refractivity contribution is 5.78. The molecule has 0 bridgehead atoms. The Bertz CT molecular complexity index is 918. The van der Waals surface area contributed by atoms with E-state index < -0.39 is 0 Å².